The Morgan fingerprint density at radius 2 is 2.18 bits per heavy atom. The molecule has 0 fully saturated rings. The van der Waals surface area contributed by atoms with Gasteiger partial charge in [0.05, 0.1) is 6.57 Å². The van der Waals surface area contributed by atoms with Gasteiger partial charge in [-0.15, -0.1) is 0 Å². The minimum Gasteiger partial charge on any atom is -0.238 e. The SMILES string of the molecule is [C-]#[N+]c1ccc(Br)c(Cl)c1C. The van der Waals surface area contributed by atoms with Crippen LogP contribution in [-0.2, 0) is 0 Å². The van der Waals surface area contributed by atoms with Gasteiger partial charge in [0.2, 0.25) is 0 Å². The molecule has 1 aromatic carbocycles. The summed E-state index contributed by atoms with van der Waals surface area (Å²) in [6, 6.07) is 3.53. The minimum absolute atomic E-state index is 0.609. The average Bonchev–Trinajstić information content (AvgIpc) is 2.01. The molecule has 1 rings (SSSR count). The van der Waals surface area contributed by atoms with E-state index in [9.17, 15) is 0 Å². The molecule has 0 N–H and O–H groups in total. The molecular formula is C8H5BrClN. The zero-order valence-corrected chi connectivity index (χ0v) is 8.20. The van der Waals surface area contributed by atoms with Crippen LogP contribution in [0.3, 0.4) is 0 Å². The van der Waals surface area contributed by atoms with Crippen molar-refractivity contribution in [2.45, 2.75) is 6.92 Å². The van der Waals surface area contributed by atoms with Gasteiger partial charge in [0.1, 0.15) is 0 Å². The summed E-state index contributed by atoms with van der Waals surface area (Å²) in [5.41, 5.74) is 1.44. The number of hydrogen-bond donors (Lipinski definition) is 0. The topological polar surface area (TPSA) is 4.36 Å². The van der Waals surface area contributed by atoms with Gasteiger partial charge in [-0.1, -0.05) is 23.7 Å². The quantitative estimate of drug-likeness (QED) is 0.594. The van der Waals surface area contributed by atoms with Crippen LogP contribution in [0.4, 0.5) is 5.69 Å². The molecule has 0 aliphatic rings. The Morgan fingerprint density at radius 1 is 1.55 bits per heavy atom. The van der Waals surface area contributed by atoms with Crippen LogP contribution in [0.1, 0.15) is 5.56 Å². The molecule has 3 heteroatoms. The lowest BCUT2D eigenvalue weighted by Crippen LogP contribution is -1.76. The van der Waals surface area contributed by atoms with Crippen molar-refractivity contribution in [3.8, 4) is 0 Å². The van der Waals surface area contributed by atoms with Crippen molar-refractivity contribution in [1.29, 1.82) is 0 Å². The molecule has 0 aliphatic carbocycles. The van der Waals surface area contributed by atoms with Crippen molar-refractivity contribution in [3.05, 3.63) is 38.6 Å². The second kappa shape index (κ2) is 3.25. The number of rotatable bonds is 0. The summed E-state index contributed by atoms with van der Waals surface area (Å²) in [5.74, 6) is 0. The minimum atomic E-state index is 0.609. The second-order valence-electron chi connectivity index (χ2n) is 2.12. The zero-order chi connectivity index (χ0) is 8.43. The van der Waals surface area contributed by atoms with E-state index in [2.05, 4.69) is 20.8 Å². The number of benzene rings is 1. The summed E-state index contributed by atoms with van der Waals surface area (Å²) in [5, 5.41) is 0.624. The van der Waals surface area contributed by atoms with E-state index in [1.165, 1.54) is 0 Å². The normalized spacial score (nSPS) is 9.27. The molecule has 0 unspecified atom stereocenters. The Morgan fingerprint density at radius 3 is 2.73 bits per heavy atom. The average molecular weight is 230 g/mol. The maximum absolute atomic E-state index is 6.80. The molecule has 0 bridgehead atoms. The molecule has 0 saturated carbocycles. The molecule has 0 spiro atoms. The lowest BCUT2D eigenvalue weighted by Gasteiger charge is -2.01. The number of hydrogen-bond acceptors (Lipinski definition) is 0. The molecule has 0 heterocycles. The Bertz CT molecular complexity index is 328. The van der Waals surface area contributed by atoms with E-state index in [0.29, 0.717) is 10.7 Å². The third kappa shape index (κ3) is 1.55. The summed E-state index contributed by atoms with van der Waals surface area (Å²) in [4.78, 5) is 3.32. The molecule has 0 radical (unpaired) electrons. The smallest absolute Gasteiger partial charge is 0.191 e. The van der Waals surface area contributed by atoms with Crippen molar-refractivity contribution < 1.29 is 0 Å². The largest absolute Gasteiger partial charge is 0.238 e. The first-order valence-corrected chi connectivity index (χ1v) is 4.16. The molecule has 0 atom stereocenters. The van der Waals surface area contributed by atoms with Gasteiger partial charge in [-0.25, -0.2) is 4.85 Å². The summed E-state index contributed by atoms with van der Waals surface area (Å²) in [6.07, 6.45) is 0. The first kappa shape index (κ1) is 8.58. The highest BCUT2D eigenvalue weighted by Crippen LogP contribution is 2.32. The first-order valence-electron chi connectivity index (χ1n) is 2.99. The molecule has 1 nitrogen and oxygen atoms in total. The fourth-order valence-electron chi connectivity index (χ4n) is 0.763. The van der Waals surface area contributed by atoms with Gasteiger partial charge < -0.3 is 0 Å². The Kier molecular flexibility index (Phi) is 2.53. The monoisotopic (exact) mass is 229 g/mol. The standard InChI is InChI=1S/C8H5BrClN/c1-5-7(11-2)4-3-6(9)8(5)10/h3-4H,1H3. The maximum Gasteiger partial charge on any atom is 0.191 e. The summed E-state index contributed by atoms with van der Waals surface area (Å²) < 4.78 is 0.837. The van der Waals surface area contributed by atoms with Crippen molar-refractivity contribution in [2.75, 3.05) is 0 Å². The lowest BCUT2D eigenvalue weighted by atomic mass is 10.2. The Labute approximate surface area is 78.9 Å². The van der Waals surface area contributed by atoms with Crippen LogP contribution in [0.5, 0.6) is 0 Å². The molecule has 11 heavy (non-hydrogen) atoms. The second-order valence-corrected chi connectivity index (χ2v) is 3.35. The highest BCUT2D eigenvalue weighted by atomic mass is 79.9. The molecule has 56 valence electrons. The molecule has 0 saturated heterocycles. The third-order valence-corrected chi connectivity index (χ3v) is 2.81. The van der Waals surface area contributed by atoms with Crippen LogP contribution in [0.2, 0.25) is 5.02 Å². The predicted molar refractivity (Wildman–Crippen MR) is 50.2 cm³/mol. The van der Waals surface area contributed by atoms with Gasteiger partial charge in [-0.2, -0.15) is 0 Å². The summed E-state index contributed by atoms with van der Waals surface area (Å²) in [6.45, 7) is 8.64. The number of halogens is 2. The van der Waals surface area contributed by atoms with Crippen molar-refractivity contribution >= 4 is 33.2 Å². The van der Waals surface area contributed by atoms with Crippen LogP contribution < -0.4 is 0 Å². The van der Waals surface area contributed by atoms with E-state index in [1.807, 2.05) is 6.92 Å². The molecular weight excluding hydrogens is 225 g/mol. The van der Waals surface area contributed by atoms with Crippen molar-refractivity contribution in [2.24, 2.45) is 0 Å². The molecule has 0 aliphatic heterocycles. The van der Waals surface area contributed by atoms with Crippen LogP contribution >= 0.6 is 27.5 Å². The van der Waals surface area contributed by atoms with Gasteiger partial charge in [0.25, 0.3) is 0 Å². The van der Waals surface area contributed by atoms with Crippen LogP contribution in [0.15, 0.2) is 16.6 Å². The fourth-order valence-corrected chi connectivity index (χ4v) is 1.35. The van der Waals surface area contributed by atoms with E-state index < -0.39 is 0 Å². The summed E-state index contributed by atoms with van der Waals surface area (Å²) >= 11 is 9.15. The van der Waals surface area contributed by atoms with Gasteiger partial charge >= 0.3 is 0 Å². The lowest BCUT2D eigenvalue weighted by molar-refractivity contribution is 1.47. The van der Waals surface area contributed by atoms with E-state index in [1.54, 1.807) is 12.1 Å². The van der Waals surface area contributed by atoms with E-state index >= 15 is 0 Å². The Balaban J connectivity index is 3.40. The molecule has 0 aromatic heterocycles. The molecule has 0 amide bonds. The number of nitrogens with zero attached hydrogens (tertiary/aromatic N) is 1. The van der Waals surface area contributed by atoms with Gasteiger partial charge in [0.15, 0.2) is 5.69 Å². The van der Waals surface area contributed by atoms with Crippen molar-refractivity contribution in [3.63, 3.8) is 0 Å². The third-order valence-electron chi connectivity index (χ3n) is 1.43. The van der Waals surface area contributed by atoms with Gasteiger partial charge in [-0.05, 0) is 28.4 Å². The highest BCUT2D eigenvalue weighted by Gasteiger charge is 2.04. The highest BCUT2D eigenvalue weighted by molar-refractivity contribution is 9.10. The van der Waals surface area contributed by atoms with E-state index in [0.717, 1.165) is 10.0 Å². The first-order chi connectivity index (χ1) is 5.16. The van der Waals surface area contributed by atoms with E-state index in [-0.39, 0.29) is 0 Å². The van der Waals surface area contributed by atoms with Crippen LogP contribution in [0.25, 0.3) is 4.85 Å². The van der Waals surface area contributed by atoms with Crippen molar-refractivity contribution in [1.82, 2.24) is 0 Å². The van der Waals surface area contributed by atoms with Gasteiger partial charge in [-0.3, -0.25) is 0 Å². The molecule has 1 aromatic rings. The summed E-state index contributed by atoms with van der Waals surface area (Å²) in [7, 11) is 0. The van der Waals surface area contributed by atoms with E-state index in [4.69, 9.17) is 18.2 Å². The van der Waals surface area contributed by atoms with Crippen LogP contribution in [0, 0.1) is 13.5 Å². The zero-order valence-electron chi connectivity index (χ0n) is 5.86. The predicted octanol–water partition coefficient (Wildman–Crippen LogP) is 3.96. The Hall–Kier alpha value is -0.520. The van der Waals surface area contributed by atoms with Crippen LogP contribution in [-0.4, -0.2) is 0 Å². The van der Waals surface area contributed by atoms with Gasteiger partial charge in [0, 0.05) is 9.50 Å². The fraction of sp³-hybridized carbons (Fsp3) is 0.125. The maximum atomic E-state index is 6.80.